The minimum absolute atomic E-state index is 0.191. The predicted octanol–water partition coefficient (Wildman–Crippen LogP) is 2.76. The smallest absolute Gasteiger partial charge is 0.156 e. The van der Waals surface area contributed by atoms with Gasteiger partial charge in [0.25, 0.3) is 0 Å². The predicted molar refractivity (Wildman–Crippen MR) is 46.2 cm³/mol. The molecule has 0 aliphatic carbocycles. The Labute approximate surface area is 81.1 Å². The van der Waals surface area contributed by atoms with Gasteiger partial charge in [0.1, 0.15) is 5.75 Å². The van der Waals surface area contributed by atoms with Crippen LogP contribution in [0.4, 0.5) is 4.39 Å². The molecule has 12 heavy (non-hydrogen) atoms. The molecule has 1 rings (SSSR count). The molecule has 0 bridgehead atoms. The van der Waals surface area contributed by atoms with Crippen molar-refractivity contribution in [3.8, 4) is 5.75 Å². The van der Waals surface area contributed by atoms with E-state index in [-0.39, 0.29) is 15.8 Å². The number of phenolic OH excluding ortho intramolecular Hbond substituents is 1. The van der Waals surface area contributed by atoms with Gasteiger partial charge in [-0.05, 0) is 22.0 Å². The maximum Gasteiger partial charge on any atom is 0.156 e. The summed E-state index contributed by atoms with van der Waals surface area (Å²) >= 11 is 8.31. The number of carbonyl (C=O) groups is 1. The number of phenols is 1. The van der Waals surface area contributed by atoms with E-state index < -0.39 is 17.1 Å². The van der Waals surface area contributed by atoms with Crippen molar-refractivity contribution in [3.05, 3.63) is 26.9 Å². The molecule has 64 valence electrons. The van der Waals surface area contributed by atoms with Gasteiger partial charge >= 0.3 is 0 Å². The third-order valence-corrected chi connectivity index (χ3v) is 2.18. The lowest BCUT2D eigenvalue weighted by Gasteiger charge is -2.02. The molecular weight excluding hydrogens is 250 g/mol. The third-order valence-electron chi connectivity index (χ3n) is 1.30. The quantitative estimate of drug-likeness (QED) is 0.617. The van der Waals surface area contributed by atoms with Crippen molar-refractivity contribution in [2.24, 2.45) is 0 Å². The third kappa shape index (κ3) is 1.44. The maximum atomic E-state index is 12.9. The van der Waals surface area contributed by atoms with E-state index in [0.717, 1.165) is 0 Å². The van der Waals surface area contributed by atoms with Gasteiger partial charge in [0, 0.05) is 0 Å². The van der Waals surface area contributed by atoms with Gasteiger partial charge in [-0.1, -0.05) is 11.6 Å². The van der Waals surface area contributed by atoms with Crippen LogP contribution in [0.1, 0.15) is 10.4 Å². The van der Waals surface area contributed by atoms with Crippen LogP contribution in [-0.4, -0.2) is 11.4 Å². The minimum Gasteiger partial charge on any atom is -0.506 e. The average Bonchev–Trinajstić information content (AvgIpc) is 2.02. The highest BCUT2D eigenvalue weighted by Crippen LogP contribution is 2.33. The van der Waals surface area contributed by atoms with Gasteiger partial charge in [-0.25, -0.2) is 4.39 Å². The molecule has 0 atom stereocenters. The molecule has 0 aliphatic rings. The van der Waals surface area contributed by atoms with Crippen molar-refractivity contribution in [1.82, 2.24) is 0 Å². The highest BCUT2D eigenvalue weighted by molar-refractivity contribution is 9.10. The molecular formula is C7H3BrClFO2. The zero-order valence-corrected chi connectivity index (χ0v) is 7.99. The Balaban J connectivity index is 3.52. The summed E-state index contributed by atoms with van der Waals surface area (Å²) < 4.78 is 13.1. The monoisotopic (exact) mass is 252 g/mol. The molecule has 0 heterocycles. The van der Waals surface area contributed by atoms with E-state index in [1.807, 2.05) is 0 Å². The van der Waals surface area contributed by atoms with Crippen LogP contribution < -0.4 is 0 Å². The maximum absolute atomic E-state index is 12.9. The lowest BCUT2D eigenvalue weighted by Crippen LogP contribution is -1.90. The molecule has 0 aliphatic heterocycles. The van der Waals surface area contributed by atoms with Crippen LogP contribution in [0.15, 0.2) is 10.5 Å². The van der Waals surface area contributed by atoms with Crippen LogP contribution in [0.3, 0.4) is 0 Å². The summed E-state index contributed by atoms with van der Waals surface area (Å²) in [5.41, 5.74) is -0.436. The number of aldehydes is 1. The van der Waals surface area contributed by atoms with E-state index in [0.29, 0.717) is 0 Å². The van der Waals surface area contributed by atoms with Gasteiger partial charge in [0.2, 0.25) is 0 Å². The van der Waals surface area contributed by atoms with Gasteiger partial charge in [-0.2, -0.15) is 0 Å². The second kappa shape index (κ2) is 3.41. The van der Waals surface area contributed by atoms with Crippen LogP contribution in [0.25, 0.3) is 0 Å². The zero-order valence-electron chi connectivity index (χ0n) is 5.64. The fraction of sp³-hybridized carbons (Fsp3) is 0. The number of hydrogen-bond acceptors (Lipinski definition) is 2. The average molecular weight is 253 g/mol. The van der Waals surface area contributed by atoms with Gasteiger partial charge in [0.15, 0.2) is 12.1 Å². The standard InChI is InChI=1S/C7H3BrClFO2/c8-4-1-5(9)6(10)3(2-11)7(4)12/h1-2,12H. The van der Waals surface area contributed by atoms with Crippen molar-refractivity contribution >= 4 is 33.8 Å². The highest BCUT2D eigenvalue weighted by atomic mass is 79.9. The number of aromatic hydroxyl groups is 1. The lowest BCUT2D eigenvalue weighted by molar-refractivity contribution is 0.111. The largest absolute Gasteiger partial charge is 0.506 e. The Morgan fingerprint density at radius 1 is 1.67 bits per heavy atom. The van der Waals surface area contributed by atoms with E-state index in [9.17, 15) is 9.18 Å². The van der Waals surface area contributed by atoms with Crippen LogP contribution in [0, 0.1) is 5.82 Å². The Kier molecular flexibility index (Phi) is 2.69. The van der Waals surface area contributed by atoms with Crippen molar-refractivity contribution in [3.63, 3.8) is 0 Å². The van der Waals surface area contributed by atoms with E-state index in [4.69, 9.17) is 16.7 Å². The number of halogens is 3. The first-order valence-corrected chi connectivity index (χ1v) is 4.06. The van der Waals surface area contributed by atoms with Gasteiger partial charge in [-0.15, -0.1) is 0 Å². The number of carbonyl (C=O) groups excluding carboxylic acids is 1. The molecule has 5 heteroatoms. The molecule has 0 aromatic heterocycles. The second-order valence-corrected chi connectivity index (χ2v) is 3.30. The first kappa shape index (κ1) is 9.48. The van der Waals surface area contributed by atoms with Crippen molar-refractivity contribution in [1.29, 1.82) is 0 Å². The molecule has 1 N–H and O–H groups in total. The van der Waals surface area contributed by atoms with Crippen LogP contribution in [-0.2, 0) is 0 Å². The van der Waals surface area contributed by atoms with E-state index in [2.05, 4.69) is 15.9 Å². The first-order valence-electron chi connectivity index (χ1n) is 2.89. The van der Waals surface area contributed by atoms with Crippen molar-refractivity contribution in [2.45, 2.75) is 0 Å². The Bertz CT molecular complexity index is 314. The van der Waals surface area contributed by atoms with E-state index in [1.165, 1.54) is 6.07 Å². The Morgan fingerprint density at radius 2 is 2.25 bits per heavy atom. The number of benzene rings is 1. The number of rotatable bonds is 1. The molecule has 2 nitrogen and oxygen atoms in total. The van der Waals surface area contributed by atoms with E-state index >= 15 is 0 Å². The summed E-state index contributed by atoms with van der Waals surface area (Å²) in [5.74, 6) is -1.35. The fourth-order valence-electron chi connectivity index (χ4n) is 0.712. The molecule has 1 aromatic rings. The highest BCUT2D eigenvalue weighted by Gasteiger charge is 2.14. The summed E-state index contributed by atoms with van der Waals surface area (Å²) in [6.07, 6.45) is 0.210. The molecule has 0 unspecified atom stereocenters. The normalized spacial score (nSPS) is 9.92. The minimum atomic E-state index is -0.910. The van der Waals surface area contributed by atoms with Crippen molar-refractivity contribution < 1.29 is 14.3 Å². The first-order chi connectivity index (χ1) is 5.57. The zero-order chi connectivity index (χ0) is 9.30. The summed E-state index contributed by atoms with van der Waals surface area (Å²) in [7, 11) is 0. The molecule has 0 saturated carbocycles. The van der Waals surface area contributed by atoms with Gasteiger partial charge < -0.3 is 5.11 Å². The molecule has 0 amide bonds. The SMILES string of the molecule is O=Cc1c(O)c(Br)cc(Cl)c1F. The number of hydrogen-bond donors (Lipinski definition) is 1. The van der Waals surface area contributed by atoms with Crippen LogP contribution in [0.2, 0.25) is 5.02 Å². The molecule has 1 aromatic carbocycles. The second-order valence-electron chi connectivity index (χ2n) is 2.03. The summed E-state index contributed by atoms with van der Waals surface area (Å²) in [6.45, 7) is 0. The van der Waals surface area contributed by atoms with Gasteiger partial charge in [-0.3, -0.25) is 4.79 Å². The topological polar surface area (TPSA) is 37.3 Å². The lowest BCUT2D eigenvalue weighted by atomic mass is 10.2. The summed E-state index contributed by atoms with van der Waals surface area (Å²) in [6, 6.07) is 1.18. The van der Waals surface area contributed by atoms with Crippen molar-refractivity contribution in [2.75, 3.05) is 0 Å². The molecule has 0 saturated heterocycles. The Hall–Kier alpha value is -0.610. The van der Waals surface area contributed by atoms with E-state index in [1.54, 1.807) is 0 Å². The summed E-state index contributed by atoms with van der Waals surface area (Å²) in [4.78, 5) is 10.3. The van der Waals surface area contributed by atoms with Gasteiger partial charge in [0.05, 0.1) is 15.1 Å². The van der Waals surface area contributed by atoms with Crippen LogP contribution >= 0.6 is 27.5 Å². The molecule has 0 fully saturated rings. The summed E-state index contributed by atoms with van der Waals surface area (Å²) in [5, 5.41) is 8.92. The van der Waals surface area contributed by atoms with Crippen LogP contribution in [0.5, 0.6) is 5.75 Å². The Morgan fingerprint density at radius 3 is 2.75 bits per heavy atom. The fourth-order valence-corrected chi connectivity index (χ4v) is 1.50. The molecule has 0 radical (unpaired) electrons. The molecule has 0 spiro atoms.